The van der Waals surface area contributed by atoms with Gasteiger partial charge >= 0.3 is 0 Å². The number of benzene rings is 2. The van der Waals surface area contributed by atoms with Gasteiger partial charge in [0.15, 0.2) is 10.4 Å². The Balaban J connectivity index is 1.50. The molecule has 132 valence electrons. The Kier molecular flexibility index (Phi) is 5.21. The molecule has 0 aliphatic rings. The first-order chi connectivity index (χ1) is 12.7. The second kappa shape index (κ2) is 7.75. The van der Waals surface area contributed by atoms with Crippen LogP contribution in [0.3, 0.4) is 0 Å². The fourth-order valence-corrected chi connectivity index (χ4v) is 4.84. The Bertz CT molecular complexity index is 1010. The Hall–Kier alpha value is -1.93. The minimum absolute atomic E-state index is 0.00378. The smallest absolute Gasteiger partial charge is 0.235 e. The zero-order chi connectivity index (χ0) is 17.9. The number of fused-ring (bicyclic) bond motifs is 1. The van der Waals surface area contributed by atoms with Crippen LogP contribution in [0, 0.1) is 0 Å². The molecule has 5 nitrogen and oxygen atoms in total. The molecule has 2 heterocycles. The molecule has 2 aromatic heterocycles. The van der Waals surface area contributed by atoms with E-state index in [2.05, 4.69) is 33.2 Å². The first-order valence-electron chi connectivity index (χ1n) is 8.16. The first kappa shape index (κ1) is 17.5. The van der Waals surface area contributed by atoms with Crippen LogP contribution < -0.4 is 5.73 Å². The standard InChI is InChI=1S/C18H16ClN5S2/c19-14-9-5-4-8-13(14)11-25-18-23-24-16(21-22-17(24)26-18)15(20)10-12-6-2-1-3-7-12/h1-9,15H,10-11,20H2/p+1/t15-/m0/s1. The van der Waals surface area contributed by atoms with Gasteiger partial charge in [-0.1, -0.05) is 83.2 Å². The number of hydrogen-bond donors (Lipinski definition) is 1. The molecule has 0 radical (unpaired) electrons. The molecule has 26 heavy (non-hydrogen) atoms. The molecular formula is C18H17ClN5S2+. The highest BCUT2D eigenvalue weighted by Gasteiger charge is 2.21. The predicted octanol–water partition coefficient (Wildman–Crippen LogP) is 3.66. The number of hydrogen-bond acceptors (Lipinski definition) is 5. The van der Waals surface area contributed by atoms with Gasteiger partial charge in [-0.25, -0.2) is 0 Å². The van der Waals surface area contributed by atoms with E-state index < -0.39 is 0 Å². The summed E-state index contributed by atoms with van der Waals surface area (Å²) in [6.45, 7) is 0. The minimum atomic E-state index is -0.00378. The van der Waals surface area contributed by atoms with E-state index in [1.54, 1.807) is 11.8 Å². The lowest BCUT2D eigenvalue weighted by atomic mass is 10.1. The molecule has 0 spiro atoms. The van der Waals surface area contributed by atoms with Crippen molar-refractivity contribution >= 4 is 39.7 Å². The zero-order valence-corrected chi connectivity index (χ0v) is 16.3. The van der Waals surface area contributed by atoms with Gasteiger partial charge in [-0.3, -0.25) is 0 Å². The molecule has 0 aliphatic heterocycles. The topological polar surface area (TPSA) is 70.7 Å². The monoisotopic (exact) mass is 402 g/mol. The largest absolute Gasteiger partial charge is 0.348 e. The van der Waals surface area contributed by atoms with Gasteiger partial charge in [0, 0.05) is 17.2 Å². The van der Waals surface area contributed by atoms with E-state index in [0.29, 0.717) is 0 Å². The maximum Gasteiger partial charge on any atom is 0.235 e. The summed E-state index contributed by atoms with van der Waals surface area (Å²) in [5.74, 6) is 1.57. The van der Waals surface area contributed by atoms with Crippen LogP contribution >= 0.6 is 34.7 Å². The van der Waals surface area contributed by atoms with Gasteiger partial charge in [0.05, 0.1) is 0 Å². The first-order valence-corrected chi connectivity index (χ1v) is 10.3. The average molecular weight is 403 g/mol. The van der Waals surface area contributed by atoms with Crippen molar-refractivity contribution in [3.8, 4) is 0 Å². The minimum Gasteiger partial charge on any atom is -0.348 e. The Labute approximate surface area is 164 Å². The van der Waals surface area contributed by atoms with Crippen molar-refractivity contribution < 1.29 is 5.73 Å². The molecule has 0 saturated heterocycles. The predicted molar refractivity (Wildman–Crippen MR) is 105 cm³/mol. The summed E-state index contributed by atoms with van der Waals surface area (Å²) in [6.07, 6.45) is 0.807. The lowest BCUT2D eigenvalue weighted by molar-refractivity contribution is -0.428. The summed E-state index contributed by atoms with van der Waals surface area (Å²) in [7, 11) is 0. The number of halogens is 1. The SMILES string of the molecule is [NH3+][C@@H](Cc1ccccc1)c1nnc2sc(SCc3ccccc3Cl)nn12. The van der Waals surface area contributed by atoms with Crippen LogP contribution in [0.5, 0.6) is 0 Å². The average Bonchev–Trinajstić information content (AvgIpc) is 3.22. The van der Waals surface area contributed by atoms with Crippen LogP contribution in [0.4, 0.5) is 0 Å². The fourth-order valence-electron chi connectivity index (χ4n) is 2.67. The fraction of sp³-hybridized carbons (Fsp3) is 0.167. The van der Waals surface area contributed by atoms with E-state index in [1.807, 2.05) is 47.0 Å². The molecule has 1 atom stereocenters. The third-order valence-electron chi connectivity index (χ3n) is 4.00. The van der Waals surface area contributed by atoms with E-state index in [0.717, 1.165) is 37.9 Å². The number of thioether (sulfide) groups is 1. The van der Waals surface area contributed by atoms with Crippen molar-refractivity contribution in [2.75, 3.05) is 0 Å². The highest BCUT2D eigenvalue weighted by atomic mass is 35.5. The molecule has 0 unspecified atom stereocenters. The molecular weight excluding hydrogens is 386 g/mol. The summed E-state index contributed by atoms with van der Waals surface area (Å²) in [4.78, 5) is 0.795. The molecule has 0 amide bonds. The van der Waals surface area contributed by atoms with E-state index in [1.165, 1.54) is 16.9 Å². The molecule has 4 aromatic rings. The summed E-state index contributed by atoms with van der Waals surface area (Å²) in [5.41, 5.74) is 6.59. The second-order valence-electron chi connectivity index (χ2n) is 5.89. The summed E-state index contributed by atoms with van der Waals surface area (Å²) in [6, 6.07) is 18.2. The summed E-state index contributed by atoms with van der Waals surface area (Å²) < 4.78 is 2.77. The maximum absolute atomic E-state index is 6.23. The normalized spacial score (nSPS) is 12.5. The van der Waals surface area contributed by atoms with Crippen LogP contribution in [-0.4, -0.2) is 19.8 Å². The Morgan fingerprint density at radius 3 is 2.65 bits per heavy atom. The van der Waals surface area contributed by atoms with E-state index in [4.69, 9.17) is 11.6 Å². The van der Waals surface area contributed by atoms with Crippen LogP contribution in [-0.2, 0) is 12.2 Å². The van der Waals surface area contributed by atoms with Gasteiger partial charge in [0.1, 0.15) is 0 Å². The van der Waals surface area contributed by atoms with Crippen molar-refractivity contribution in [2.45, 2.75) is 22.6 Å². The van der Waals surface area contributed by atoms with Crippen molar-refractivity contribution in [2.24, 2.45) is 0 Å². The molecule has 0 aliphatic carbocycles. The Morgan fingerprint density at radius 1 is 1.08 bits per heavy atom. The van der Waals surface area contributed by atoms with Crippen LogP contribution in [0.25, 0.3) is 4.96 Å². The van der Waals surface area contributed by atoms with Gasteiger partial charge in [0.25, 0.3) is 0 Å². The molecule has 0 fully saturated rings. The Morgan fingerprint density at radius 2 is 1.85 bits per heavy atom. The number of nitrogens with zero attached hydrogens (tertiary/aromatic N) is 4. The zero-order valence-electron chi connectivity index (χ0n) is 13.9. The van der Waals surface area contributed by atoms with Crippen molar-refractivity contribution in [3.63, 3.8) is 0 Å². The van der Waals surface area contributed by atoms with E-state index >= 15 is 0 Å². The summed E-state index contributed by atoms with van der Waals surface area (Å²) >= 11 is 9.42. The molecule has 2 aromatic carbocycles. The highest BCUT2D eigenvalue weighted by Crippen LogP contribution is 2.30. The molecule has 8 heteroatoms. The van der Waals surface area contributed by atoms with Gasteiger partial charge < -0.3 is 5.73 Å². The third kappa shape index (κ3) is 3.76. The second-order valence-corrected chi connectivity index (χ2v) is 8.47. The van der Waals surface area contributed by atoms with E-state index in [9.17, 15) is 0 Å². The molecule has 4 rings (SSSR count). The van der Waals surface area contributed by atoms with Crippen molar-refractivity contribution in [1.82, 2.24) is 19.8 Å². The number of rotatable bonds is 6. The number of quaternary nitrogens is 1. The van der Waals surface area contributed by atoms with Crippen LogP contribution in [0.1, 0.15) is 23.0 Å². The van der Waals surface area contributed by atoms with Crippen molar-refractivity contribution in [1.29, 1.82) is 0 Å². The van der Waals surface area contributed by atoms with E-state index in [-0.39, 0.29) is 6.04 Å². The van der Waals surface area contributed by atoms with Gasteiger partial charge in [-0.15, -0.1) is 15.3 Å². The third-order valence-corrected chi connectivity index (χ3v) is 6.45. The quantitative estimate of drug-likeness (QED) is 0.499. The molecule has 0 saturated carbocycles. The highest BCUT2D eigenvalue weighted by molar-refractivity contribution is 8.00. The lowest BCUT2D eigenvalue weighted by Gasteiger charge is -2.05. The van der Waals surface area contributed by atoms with Crippen LogP contribution in [0.2, 0.25) is 5.02 Å². The van der Waals surface area contributed by atoms with Gasteiger partial charge in [-0.05, 0) is 17.2 Å². The summed E-state index contributed by atoms with van der Waals surface area (Å²) in [5, 5.41) is 14.0. The van der Waals surface area contributed by atoms with Crippen molar-refractivity contribution in [3.05, 3.63) is 76.6 Å². The van der Waals surface area contributed by atoms with Gasteiger partial charge in [-0.2, -0.15) is 4.52 Å². The van der Waals surface area contributed by atoms with Gasteiger partial charge in [0.2, 0.25) is 10.8 Å². The molecule has 0 bridgehead atoms. The van der Waals surface area contributed by atoms with Crippen LogP contribution in [0.15, 0.2) is 58.9 Å². The molecule has 3 N–H and O–H groups in total. The number of aromatic nitrogens is 4. The maximum atomic E-state index is 6.23. The lowest BCUT2D eigenvalue weighted by Crippen LogP contribution is -2.55.